The van der Waals surface area contributed by atoms with Crippen molar-refractivity contribution in [1.29, 1.82) is 0 Å². The van der Waals surface area contributed by atoms with Gasteiger partial charge in [0.05, 0.1) is 11.6 Å². The Morgan fingerprint density at radius 1 is 1.09 bits per heavy atom. The highest BCUT2D eigenvalue weighted by atomic mass is 19.2. The van der Waals surface area contributed by atoms with Gasteiger partial charge in [0.1, 0.15) is 5.69 Å². The maximum absolute atomic E-state index is 13.4. The molecule has 180 valence electrons. The number of aromatic amines is 2. The number of halogens is 3. The molecule has 2 aromatic carbocycles. The molecule has 5 rings (SSSR count). The molecule has 1 saturated heterocycles. The summed E-state index contributed by atoms with van der Waals surface area (Å²) in [7, 11) is 0. The van der Waals surface area contributed by atoms with Crippen molar-refractivity contribution in [3.63, 3.8) is 0 Å². The predicted molar refractivity (Wildman–Crippen MR) is 124 cm³/mol. The van der Waals surface area contributed by atoms with Crippen LogP contribution in [-0.2, 0) is 4.79 Å². The number of amides is 2. The summed E-state index contributed by atoms with van der Waals surface area (Å²) in [6, 6.07) is 9.10. The first-order valence-electron chi connectivity index (χ1n) is 11.1. The van der Waals surface area contributed by atoms with E-state index >= 15 is 0 Å². The van der Waals surface area contributed by atoms with Crippen LogP contribution in [0.15, 0.2) is 36.4 Å². The Labute approximate surface area is 198 Å². The summed E-state index contributed by atoms with van der Waals surface area (Å²) >= 11 is 0. The third kappa shape index (κ3) is 4.16. The van der Waals surface area contributed by atoms with Crippen molar-refractivity contribution >= 4 is 28.4 Å². The molecule has 0 unspecified atom stereocenters. The van der Waals surface area contributed by atoms with Gasteiger partial charge in [0.2, 0.25) is 5.91 Å². The smallest absolute Gasteiger partial charge is 0.270 e. The van der Waals surface area contributed by atoms with Crippen molar-refractivity contribution < 1.29 is 22.8 Å². The maximum atomic E-state index is 13.4. The summed E-state index contributed by atoms with van der Waals surface area (Å²) < 4.78 is 40.0. The fourth-order valence-corrected chi connectivity index (χ4v) is 4.58. The molecule has 0 spiro atoms. The molecule has 0 bridgehead atoms. The van der Waals surface area contributed by atoms with Gasteiger partial charge in [-0.05, 0) is 38.0 Å². The lowest BCUT2D eigenvalue weighted by atomic mass is 10.0. The second kappa shape index (κ2) is 8.61. The molecule has 7 nitrogen and oxygen atoms in total. The molecule has 0 radical (unpaired) electrons. The number of carbonyl (C=O) groups is 2. The molecule has 4 aromatic rings. The van der Waals surface area contributed by atoms with Crippen molar-refractivity contribution in [3.05, 3.63) is 70.9 Å². The molecule has 0 saturated carbocycles. The highest BCUT2D eigenvalue weighted by Gasteiger charge is 2.32. The molecular weight excluding hydrogens is 459 g/mol. The molecular formula is C25H22F3N5O2. The van der Waals surface area contributed by atoms with E-state index < -0.39 is 29.3 Å². The van der Waals surface area contributed by atoms with Gasteiger partial charge in [-0.1, -0.05) is 12.1 Å². The van der Waals surface area contributed by atoms with Crippen molar-refractivity contribution in [2.24, 2.45) is 5.92 Å². The Balaban J connectivity index is 1.29. The van der Waals surface area contributed by atoms with Gasteiger partial charge in [-0.15, -0.1) is 0 Å². The molecule has 10 heteroatoms. The van der Waals surface area contributed by atoms with Gasteiger partial charge in [0.25, 0.3) is 5.91 Å². The number of likely N-dealkylation sites (tertiary alicyclic amines) is 1. The topological polar surface area (TPSA) is 93.9 Å². The van der Waals surface area contributed by atoms with Crippen molar-refractivity contribution in [1.82, 2.24) is 20.1 Å². The second-order valence-corrected chi connectivity index (χ2v) is 8.77. The minimum absolute atomic E-state index is 0.158. The van der Waals surface area contributed by atoms with Gasteiger partial charge in [-0.3, -0.25) is 14.7 Å². The first-order chi connectivity index (χ1) is 16.7. The minimum Gasteiger partial charge on any atom is -0.351 e. The van der Waals surface area contributed by atoms with Gasteiger partial charge < -0.3 is 15.2 Å². The number of nitrogens with zero attached hydrogens (tertiary/aromatic N) is 2. The van der Waals surface area contributed by atoms with Crippen LogP contribution in [-0.4, -0.2) is 45.0 Å². The second-order valence-electron chi connectivity index (χ2n) is 8.77. The van der Waals surface area contributed by atoms with Gasteiger partial charge in [-0.2, -0.15) is 5.10 Å². The van der Waals surface area contributed by atoms with E-state index in [2.05, 4.69) is 20.5 Å². The molecule has 3 N–H and O–H groups in total. The number of benzene rings is 2. The number of aryl methyl sites for hydroxylation is 2. The first kappa shape index (κ1) is 22.7. The standard InChI is InChI=1S/C25H22F3N5O2/c1-12-22(13(2)32-31-12)15-4-3-14-7-21(30-20(14)8-15)25(35)33-6-5-16(11-33)24(34)29-17-9-18(26)23(28)19(27)10-17/h3-4,7-10,16,30H,5-6,11H2,1-2H3,(H,29,34)(H,31,32)/t16-/m0/s1. The maximum Gasteiger partial charge on any atom is 0.270 e. The molecule has 35 heavy (non-hydrogen) atoms. The zero-order valence-corrected chi connectivity index (χ0v) is 19.0. The van der Waals surface area contributed by atoms with Crippen molar-refractivity contribution in [3.8, 4) is 11.1 Å². The number of rotatable bonds is 4. The molecule has 0 aliphatic carbocycles. The van der Waals surface area contributed by atoms with E-state index in [1.807, 2.05) is 32.0 Å². The quantitative estimate of drug-likeness (QED) is 0.369. The fourth-order valence-electron chi connectivity index (χ4n) is 4.58. The SMILES string of the molecule is Cc1n[nH]c(C)c1-c1ccc2cc(C(=O)N3CC[C@H](C(=O)Nc4cc(F)c(F)c(F)c4)C3)[nH]c2c1. The Kier molecular flexibility index (Phi) is 5.58. The Hall–Kier alpha value is -4.08. The molecule has 2 aromatic heterocycles. The predicted octanol–water partition coefficient (Wildman–Crippen LogP) is 4.69. The average molecular weight is 481 g/mol. The molecule has 2 amide bonds. The summed E-state index contributed by atoms with van der Waals surface area (Å²) in [6.07, 6.45) is 0.396. The summed E-state index contributed by atoms with van der Waals surface area (Å²) in [5.74, 6) is -5.66. The number of H-pyrrole nitrogens is 2. The van der Waals surface area contributed by atoms with Crippen LogP contribution >= 0.6 is 0 Å². The van der Waals surface area contributed by atoms with Crippen LogP contribution < -0.4 is 5.32 Å². The highest BCUT2D eigenvalue weighted by molar-refractivity contribution is 6.00. The van der Waals surface area contributed by atoms with Gasteiger partial charge in [0, 0.05) is 53.1 Å². The van der Waals surface area contributed by atoms with Crippen LogP contribution in [0.3, 0.4) is 0 Å². The minimum atomic E-state index is -1.60. The van der Waals surface area contributed by atoms with E-state index in [-0.39, 0.29) is 18.1 Å². The molecule has 1 aliphatic rings. The summed E-state index contributed by atoms with van der Waals surface area (Å²) in [4.78, 5) is 30.4. The lowest BCUT2D eigenvalue weighted by molar-refractivity contribution is -0.119. The summed E-state index contributed by atoms with van der Waals surface area (Å²) in [5.41, 5.74) is 4.87. The van der Waals surface area contributed by atoms with E-state index in [0.717, 1.165) is 45.6 Å². The fraction of sp³-hybridized carbons (Fsp3) is 0.240. The lowest BCUT2D eigenvalue weighted by Crippen LogP contribution is -2.31. The van der Waals surface area contributed by atoms with Crippen molar-refractivity contribution in [2.75, 3.05) is 18.4 Å². The Morgan fingerprint density at radius 2 is 1.83 bits per heavy atom. The van der Waals surface area contributed by atoms with Crippen LogP contribution in [0, 0.1) is 37.2 Å². The van der Waals surface area contributed by atoms with E-state index in [4.69, 9.17) is 0 Å². The van der Waals surface area contributed by atoms with E-state index in [1.165, 1.54) is 0 Å². The molecule has 3 heterocycles. The number of carbonyl (C=O) groups excluding carboxylic acids is 2. The third-order valence-corrected chi connectivity index (χ3v) is 6.37. The highest BCUT2D eigenvalue weighted by Crippen LogP contribution is 2.29. The number of anilines is 1. The zero-order valence-electron chi connectivity index (χ0n) is 19.0. The molecule has 1 fully saturated rings. The molecule has 1 aliphatic heterocycles. The molecule has 1 atom stereocenters. The number of hydrogen-bond acceptors (Lipinski definition) is 3. The summed E-state index contributed by atoms with van der Waals surface area (Å²) in [6.45, 7) is 4.39. The van der Waals surface area contributed by atoms with Gasteiger partial charge in [0.15, 0.2) is 17.5 Å². The number of fused-ring (bicyclic) bond motifs is 1. The van der Waals surface area contributed by atoms with Crippen molar-refractivity contribution in [2.45, 2.75) is 20.3 Å². The largest absolute Gasteiger partial charge is 0.351 e. The third-order valence-electron chi connectivity index (χ3n) is 6.37. The summed E-state index contributed by atoms with van der Waals surface area (Å²) in [5, 5.41) is 10.5. The van der Waals surface area contributed by atoms with Gasteiger partial charge >= 0.3 is 0 Å². The monoisotopic (exact) mass is 481 g/mol. The van der Waals surface area contributed by atoms with Crippen LogP contribution in [0.5, 0.6) is 0 Å². The van der Waals surface area contributed by atoms with E-state index in [1.54, 1.807) is 11.0 Å². The van der Waals surface area contributed by atoms with Crippen LogP contribution in [0.1, 0.15) is 28.3 Å². The van der Waals surface area contributed by atoms with E-state index in [9.17, 15) is 22.8 Å². The first-order valence-corrected chi connectivity index (χ1v) is 11.1. The number of nitrogens with one attached hydrogen (secondary N) is 3. The number of aromatic nitrogens is 3. The Bertz CT molecular complexity index is 1430. The van der Waals surface area contributed by atoms with Gasteiger partial charge in [-0.25, -0.2) is 13.2 Å². The zero-order chi connectivity index (χ0) is 24.9. The lowest BCUT2D eigenvalue weighted by Gasteiger charge is -2.15. The number of hydrogen-bond donors (Lipinski definition) is 3. The normalized spacial score (nSPS) is 15.7. The van der Waals surface area contributed by atoms with Crippen LogP contribution in [0.2, 0.25) is 0 Å². The Morgan fingerprint density at radius 3 is 2.51 bits per heavy atom. The van der Waals surface area contributed by atoms with E-state index in [0.29, 0.717) is 18.7 Å². The van der Waals surface area contributed by atoms with Crippen LogP contribution in [0.4, 0.5) is 18.9 Å². The van der Waals surface area contributed by atoms with Crippen LogP contribution in [0.25, 0.3) is 22.0 Å². The average Bonchev–Trinajstić information content (AvgIpc) is 3.55.